The fourth-order valence-electron chi connectivity index (χ4n) is 4.22. The van der Waals surface area contributed by atoms with E-state index >= 15 is 0 Å². The van der Waals surface area contributed by atoms with E-state index in [1.807, 2.05) is 4.90 Å². The minimum atomic E-state index is 0.270. The highest BCUT2D eigenvalue weighted by Crippen LogP contribution is 2.16. The molecule has 2 aliphatic rings. The Morgan fingerprint density at radius 3 is 2.67 bits per heavy atom. The van der Waals surface area contributed by atoms with Crippen LogP contribution >= 0.6 is 0 Å². The van der Waals surface area contributed by atoms with Crippen LogP contribution in [-0.4, -0.2) is 60.4 Å². The summed E-state index contributed by atoms with van der Waals surface area (Å²) >= 11 is 0. The second kappa shape index (κ2) is 11.2. The van der Waals surface area contributed by atoms with Crippen LogP contribution in [0.25, 0.3) is 0 Å². The molecule has 1 aromatic carbocycles. The van der Waals surface area contributed by atoms with E-state index in [0.717, 1.165) is 57.9 Å². The topological polar surface area (TPSA) is 60.0 Å². The summed E-state index contributed by atoms with van der Waals surface area (Å²) in [4.78, 5) is 21.1. The minimum absolute atomic E-state index is 0.270. The number of hydrogen-bond donors (Lipinski definition) is 2. The maximum atomic E-state index is 11.9. The zero-order valence-electron chi connectivity index (χ0n) is 18.6. The van der Waals surface area contributed by atoms with E-state index in [4.69, 9.17) is 4.99 Å². The van der Waals surface area contributed by atoms with Gasteiger partial charge in [-0.15, -0.1) is 0 Å². The molecule has 0 aliphatic carbocycles. The first-order valence-electron chi connectivity index (χ1n) is 11.3. The highest BCUT2D eigenvalue weighted by atomic mass is 16.2. The molecule has 30 heavy (non-hydrogen) atoms. The number of nitrogens with zero attached hydrogens (tertiary/aromatic N) is 3. The van der Waals surface area contributed by atoms with Gasteiger partial charge >= 0.3 is 0 Å². The Bertz CT molecular complexity index is 752. The molecule has 2 aliphatic heterocycles. The van der Waals surface area contributed by atoms with Gasteiger partial charge in [-0.2, -0.15) is 0 Å². The smallest absolute Gasteiger partial charge is 0.222 e. The van der Waals surface area contributed by atoms with Crippen LogP contribution in [0.2, 0.25) is 0 Å². The summed E-state index contributed by atoms with van der Waals surface area (Å²) in [6.07, 6.45) is 3.91. The van der Waals surface area contributed by atoms with Crippen molar-refractivity contribution in [2.24, 2.45) is 4.99 Å². The molecular formula is C24H37N5O. The number of aliphatic imine (C=N–C) groups is 1. The first-order valence-corrected chi connectivity index (χ1v) is 11.3. The van der Waals surface area contributed by atoms with Crippen molar-refractivity contribution in [3.63, 3.8) is 0 Å². The molecule has 0 bridgehead atoms. The van der Waals surface area contributed by atoms with Crippen molar-refractivity contribution in [1.29, 1.82) is 0 Å². The van der Waals surface area contributed by atoms with E-state index in [9.17, 15) is 4.79 Å². The third-order valence-corrected chi connectivity index (χ3v) is 5.72. The molecule has 3 rings (SSSR count). The molecule has 1 amide bonds. The summed E-state index contributed by atoms with van der Waals surface area (Å²) in [5, 5.41) is 7.00. The summed E-state index contributed by atoms with van der Waals surface area (Å²) in [6.45, 7) is 14.5. The molecule has 2 fully saturated rings. The number of rotatable bonds is 8. The summed E-state index contributed by atoms with van der Waals surface area (Å²) in [5.74, 6) is 1.15. The maximum Gasteiger partial charge on any atom is 0.222 e. The standard InChI is InChI=1S/C24H37N5O/c1-4-25-24(27-22-10-13-28(14-11-22)17-19(2)3)26-16-20-7-5-8-21(15-20)18-29-12-6-9-23(29)30/h5,7-8,15,22H,2,4,6,9-14,16-18H2,1,3H3,(H2,25,26,27). The summed E-state index contributed by atoms with van der Waals surface area (Å²) in [6, 6.07) is 8.91. The molecule has 0 spiro atoms. The van der Waals surface area contributed by atoms with Gasteiger partial charge in [0.1, 0.15) is 0 Å². The van der Waals surface area contributed by atoms with Gasteiger partial charge in [0.15, 0.2) is 5.96 Å². The second-order valence-electron chi connectivity index (χ2n) is 8.59. The van der Waals surface area contributed by atoms with E-state index in [2.05, 4.69) is 60.2 Å². The highest BCUT2D eigenvalue weighted by Gasteiger charge is 2.21. The van der Waals surface area contributed by atoms with Crippen LogP contribution in [0.4, 0.5) is 0 Å². The average Bonchev–Trinajstić information content (AvgIpc) is 3.12. The maximum absolute atomic E-state index is 11.9. The molecule has 6 heteroatoms. The van der Waals surface area contributed by atoms with E-state index in [-0.39, 0.29) is 5.91 Å². The van der Waals surface area contributed by atoms with Gasteiger partial charge in [-0.05, 0) is 44.2 Å². The first kappa shape index (κ1) is 22.3. The normalized spacial score (nSPS) is 18.7. The van der Waals surface area contributed by atoms with Crippen molar-refractivity contribution in [2.45, 2.75) is 58.7 Å². The lowest BCUT2D eigenvalue weighted by molar-refractivity contribution is -0.128. The Morgan fingerprint density at radius 1 is 1.23 bits per heavy atom. The third kappa shape index (κ3) is 6.87. The quantitative estimate of drug-likeness (QED) is 0.392. The molecule has 0 aromatic heterocycles. The Hall–Kier alpha value is -2.34. The van der Waals surface area contributed by atoms with Crippen LogP contribution in [0.15, 0.2) is 41.4 Å². The van der Waals surface area contributed by atoms with E-state index in [0.29, 0.717) is 25.6 Å². The number of amides is 1. The van der Waals surface area contributed by atoms with Crippen molar-refractivity contribution < 1.29 is 4.79 Å². The van der Waals surface area contributed by atoms with Gasteiger partial charge in [-0.25, -0.2) is 4.99 Å². The number of guanidine groups is 1. The largest absolute Gasteiger partial charge is 0.357 e. The summed E-state index contributed by atoms with van der Waals surface area (Å²) < 4.78 is 0. The number of benzene rings is 1. The third-order valence-electron chi connectivity index (χ3n) is 5.72. The Kier molecular flexibility index (Phi) is 8.31. The molecule has 0 atom stereocenters. The van der Waals surface area contributed by atoms with E-state index in [1.165, 1.54) is 16.7 Å². The van der Waals surface area contributed by atoms with Gasteiger partial charge in [-0.1, -0.05) is 36.4 Å². The van der Waals surface area contributed by atoms with Gasteiger partial charge in [0.25, 0.3) is 0 Å². The monoisotopic (exact) mass is 411 g/mol. The van der Waals surface area contributed by atoms with Crippen LogP contribution in [0.3, 0.4) is 0 Å². The van der Waals surface area contributed by atoms with E-state index in [1.54, 1.807) is 0 Å². The van der Waals surface area contributed by atoms with Crippen LogP contribution in [-0.2, 0) is 17.9 Å². The van der Waals surface area contributed by atoms with Crippen LogP contribution in [0.1, 0.15) is 50.7 Å². The predicted molar refractivity (Wildman–Crippen MR) is 123 cm³/mol. The lowest BCUT2D eigenvalue weighted by Crippen LogP contribution is -2.48. The van der Waals surface area contributed by atoms with Crippen molar-refractivity contribution >= 4 is 11.9 Å². The Labute approximate surface area is 181 Å². The first-order chi connectivity index (χ1) is 14.5. The molecule has 6 nitrogen and oxygen atoms in total. The van der Waals surface area contributed by atoms with Crippen molar-refractivity contribution in [2.75, 3.05) is 32.7 Å². The van der Waals surface area contributed by atoms with Crippen LogP contribution in [0.5, 0.6) is 0 Å². The molecule has 2 saturated heterocycles. The molecule has 2 heterocycles. The van der Waals surface area contributed by atoms with Crippen LogP contribution < -0.4 is 10.6 Å². The van der Waals surface area contributed by atoms with Gasteiger partial charge in [-0.3, -0.25) is 9.69 Å². The second-order valence-corrected chi connectivity index (χ2v) is 8.59. The van der Waals surface area contributed by atoms with Gasteiger partial charge in [0.2, 0.25) is 5.91 Å². The molecule has 2 N–H and O–H groups in total. The van der Waals surface area contributed by atoms with Gasteiger partial charge in [0, 0.05) is 51.7 Å². The minimum Gasteiger partial charge on any atom is -0.357 e. The molecule has 0 saturated carbocycles. The van der Waals surface area contributed by atoms with Crippen molar-refractivity contribution in [1.82, 2.24) is 20.4 Å². The zero-order chi connectivity index (χ0) is 21.3. The molecular weight excluding hydrogens is 374 g/mol. The molecule has 0 unspecified atom stereocenters. The number of likely N-dealkylation sites (tertiary alicyclic amines) is 2. The number of carbonyl (C=O) groups is 1. The Balaban J connectivity index is 1.54. The lowest BCUT2D eigenvalue weighted by atomic mass is 10.0. The molecule has 164 valence electrons. The fraction of sp³-hybridized carbons (Fsp3) is 0.583. The summed E-state index contributed by atoms with van der Waals surface area (Å²) in [5.41, 5.74) is 3.58. The molecule has 0 radical (unpaired) electrons. The van der Waals surface area contributed by atoms with Crippen LogP contribution in [0, 0.1) is 0 Å². The number of piperidine rings is 1. The van der Waals surface area contributed by atoms with Gasteiger partial charge < -0.3 is 15.5 Å². The summed E-state index contributed by atoms with van der Waals surface area (Å²) in [7, 11) is 0. The predicted octanol–water partition coefficient (Wildman–Crippen LogP) is 2.90. The van der Waals surface area contributed by atoms with Crippen molar-refractivity contribution in [3.05, 3.63) is 47.5 Å². The SMILES string of the molecule is C=C(C)CN1CCC(NC(=NCc2cccc(CN3CCCC3=O)c2)NCC)CC1. The average molecular weight is 412 g/mol. The molecule has 1 aromatic rings. The lowest BCUT2D eigenvalue weighted by Gasteiger charge is -2.33. The number of carbonyl (C=O) groups excluding carboxylic acids is 1. The van der Waals surface area contributed by atoms with Gasteiger partial charge in [0.05, 0.1) is 6.54 Å². The number of nitrogens with one attached hydrogen (secondary N) is 2. The highest BCUT2D eigenvalue weighted by molar-refractivity contribution is 5.80. The fourth-order valence-corrected chi connectivity index (χ4v) is 4.22. The zero-order valence-corrected chi connectivity index (χ0v) is 18.6. The Morgan fingerprint density at radius 2 is 2.00 bits per heavy atom. The van der Waals surface area contributed by atoms with E-state index < -0.39 is 0 Å². The van der Waals surface area contributed by atoms with Crippen molar-refractivity contribution in [3.8, 4) is 0 Å². The number of hydrogen-bond acceptors (Lipinski definition) is 3.